The highest BCUT2D eigenvalue weighted by atomic mass is 32.2. The molecule has 0 spiro atoms. The maximum Gasteiger partial charge on any atom is 0.209 e. The highest BCUT2D eigenvalue weighted by Gasteiger charge is 2.18. The molecule has 0 saturated carbocycles. The summed E-state index contributed by atoms with van der Waals surface area (Å²) in [5.74, 6) is 0.889. The van der Waals surface area contributed by atoms with Crippen LogP contribution >= 0.6 is 11.3 Å². The third kappa shape index (κ3) is 4.14. The summed E-state index contributed by atoms with van der Waals surface area (Å²) in [6.07, 6.45) is 4.12. The second-order valence-corrected chi connectivity index (χ2v) is 7.23. The number of hydrogen-bond acceptors (Lipinski definition) is 5. The lowest BCUT2D eigenvalue weighted by Crippen LogP contribution is -2.27. The summed E-state index contributed by atoms with van der Waals surface area (Å²) in [4.78, 5) is 5.51. The Bertz CT molecular complexity index is 634. The van der Waals surface area contributed by atoms with E-state index in [0.29, 0.717) is 13.0 Å². The van der Waals surface area contributed by atoms with Crippen LogP contribution in [0, 0.1) is 0 Å². The van der Waals surface area contributed by atoms with Crippen molar-refractivity contribution in [2.45, 2.75) is 12.5 Å². The standard InChI is InChI=1S/C12H18N4O2S2/c1-16-7-6-15-12(16)11(10-4-2-8-19-10)14-5-3-9-20(13,17)18/h2,4,6-8,11,14H,3,5,9H2,1H3,(H2,13,17,18). The number of nitrogens with one attached hydrogen (secondary N) is 1. The zero-order valence-electron chi connectivity index (χ0n) is 11.2. The van der Waals surface area contributed by atoms with E-state index < -0.39 is 10.0 Å². The van der Waals surface area contributed by atoms with Crippen molar-refractivity contribution in [1.29, 1.82) is 0 Å². The third-order valence-corrected chi connectivity index (χ3v) is 4.69. The maximum absolute atomic E-state index is 10.9. The van der Waals surface area contributed by atoms with Crippen LogP contribution in [0.5, 0.6) is 0 Å². The van der Waals surface area contributed by atoms with Gasteiger partial charge in [0, 0.05) is 24.3 Å². The molecule has 2 aromatic heterocycles. The minimum atomic E-state index is -3.40. The van der Waals surface area contributed by atoms with Crippen molar-refractivity contribution in [2.75, 3.05) is 12.3 Å². The number of aryl methyl sites for hydroxylation is 1. The van der Waals surface area contributed by atoms with Gasteiger partial charge in [-0.15, -0.1) is 11.3 Å². The van der Waals surface area contributed by atoms with E-state index in [9.17, 15) is 8.42 Å². The summed E-state index contributed by atoms with van der Waals surface area (Å²) in [6.45, 7) is 0.561. The largest absolute Gasteiger partial charge is 0.336 e. The molecular weight excluding hydrogens is 296 g/mol. The lowest BCUT2D eigenvalue weighted by molar-refractivity contribution is 0.555. The summed E-state index contributed by atoms with van der Waals surface area (Å²) < 4.78 is 23.8. The monoisotopic (exact) mass is 314 g/mol. The molecular formula is C12H18N4O2S2. The number of nitrogens with zero attached hydrogens (tertiary/aromatic N) is 2. The molecule has 8 heteroatoms. The molecule has 0 saturated heterocycles. The number of sulfonamides is 1. The molecule has 0 amide bonds. The average molecular weight is 314 g/mol. The van der Waals surface area contributed by atoms with Crippen LogP contribution in [0.1, 0.15) is 23.2 Å². The van der Waals surface area contributed by atoms with E-state index in [0.717, 1.165) is 10.7 Å². The van der Waals surface area contributed by atoms with E-state index in [2.05, 4.69) is 10.3 Å². The molecule has 0 aliphatic carbocycles. The Morgan fingerprint density at radius 2 is 2.35 bits per heavy atom. The molecule has 2 heterocycles. The van der Waals surface area contributed by atoms with Crippen LogP contribution in [0.15, 0.2) is 29.9 Å². The van der Waals surface area contributed by atoms with Crippen LogP contribution in [0.25, 0.3) is 0 Å². The van der Waals surface area contributed by atoms with E-state index >= 15 is 0 Å². The normalized spacial score (nSPS) is 13.5. The van der Waals surface area contributed by atoms with E-state index in [1.165, 1.54) is 0 Å². The van der Waals surface area contributed by atoms with Crippen LogP contribution in [0.4, 0.5) is 0 Å². The fraction of sp³-hybridized carbons (Fsp3) is 0.417. The predicted octanol–water partition coefficient (Wildman–Crippen LogP) is 0.839. The zero-order valence-corrected chi connectivity index (χ0v) is 12.8. The quantitative estimate of drug-likeness (QED) is 0.741. The van der Waals surface area contributed by atoms with Crippen molar-refractivity contribution in [3.05, 3.63) is 40.6 Å². The van der Waals surface area contributed by atoms with Gasteiger partial charge in [0.25, 0.3) is 0 Å². The third-order valence-electron chi connectivity index (χ3n) is 2.90. The molecule has 0 bridgehead atoms. The van der Waals surface area contributed by atoms with Gasteiger partial charge in [-0.3, -0.25) is 0 Å². The van der Waals surface area contributed by atoms with E-state index in [4.69, 9.17) is 5.14 Å². The van der Waals surface area contributed by atoms with Crippen molar-refractivity contribution in [1.82, 2.24) is 14.9 Å². The molecule has 2 aromatic rings. The highest BCUT2D eigenvalue weighted by Crippen LogP contribution is 2.24. The van der Waals surface area contributed by atoms with Gasteiger partial charge in [0.15, 0.2) is 0 Å². The fourth-order valence-electron chi connectivity index (χ4n) is 1.95. The van der Waals surface area contributed by atoms with Gasteiger partial charge in [0.05, 0.1) is 5.75 Å². The van der Waals surface area contributed by atoms with Crippen molar-refractivity contribution in [3.8, 4) is 0 Å². The second kappa shape index (κ2) is 6.49. The summed E-state index contributed by atoms with van der Waals surface area (Å²) in [5, 5.41) is 10.4. The number of primary sulfonamides is 1. The first-order valence-electron chi connectivity index (χ1n) is 6.22. The molecule has 1 unspecified atom stereocenters. The predicted molar refractivity (Wildman–Crippen MR) is 80.0 cm³/mol. The summed E-state index contributed by atoms with van der Waals surface area (Å²) >= 11 is 1.64. The molecule has 20 heavy (non-hydrogen) atoms. The van der Waals surface area contributed by atoms with E-state index in [1.807, 2.05) is 35.3 Å². The molecule has 3 N–H and O–H groups in total. The first kappa shape index (κ1) is 15.2. The highest BCUT2D eigenvalue weighted by molar-refractivity contribution is 7.89. The van der Waals surface area contributed by atoms with Gasteiger partial charge in [-0.1, -0.05) is 6.07 Å². The number of imidazole rings is 1. The van der Waals surface area contributed by atoms with Crippen molar-refractivity contribution >= 4 is 21.4 Å². The lowest BCUT2D eigenvalue weighted by Gasteiger charge is -2.17. The molecule has 0 aliphatic rings. The van der Waals surface area contributed by atoms with Gasteiger partial charge in [0.1, 0.15) is 11.9 Å². The van der Waals surface area contributed by atoms with Crippen molar-refractivity contribution < 1.29 is 8.42 Å². The summed E-state index contributed by atoms with van der Waals surface area (Å²) in [6, 6.07) is 3.99. The van der Waals surface area contributed by atoms with Crippen molar-refractivity contribution in [3.63, 3.8) is 0 Å². The first-order valence-corrected chi connectivity index (χ1v) is 8.81. The van der Waals surface area contributed by atoms with Gasteiger partial charge >= 0.3 is 0 Å². The van der Waals surface area contributed by atoms with Gasteiger partial charge in [-0.25, -0.2) is 18.5 Å². The number of rotatable bonds is 7. The molecule has 0 radical (unpaired) electrons. The second-order valence-electron chi connectivity index (χ2n) is 4.52. The minimum Gasteiger partial charge on any atom is -0.336 e. The molecule has 0 aromatic carbocycles. The maximum atomic E-state index is 10.9. The van der Waals surface area contributed by atoms with Crippen LogP contribution < -0.4 is 10.5 Å². The van der Waals surface area contributed by atoms with Crippen LogP contribution in [0.3, 0.4) is 0 Å². The Labute approximate surface area is 122 Å². The molecule has 110 valence electrons. The summed E-state index contributed by atoms with van der Waals surface area (Å²) in [7, 11) is -1.46. The summed E-state index contributed by atoms with van der Waals surface area (Å²) in [5.41, 5.74) is 0. The molecule has 2 rings (SSSR count). The van der Waals surface area contributed by atoms with Gasteiger partial charge in [0.2, 0.25) is 10.0 Å². The van der Waals surface area contributed by atoms with Crippen molar-refractivity contribution in [2.24, 2.45) is 12.2 Å². The first-order chi connectivity index (χ1) is 9.47. The minimum absolute atomic E-state index is 0.0161. The molecule has 0 fully saturated rings. The molecule has 0 aliphatic heterocycles. The average Bonchev–Trinajstić information content (AvgIpc) is 3.00. The number of thiophene rings is 1. The van der Waals surface area contributed by atoms with Crippen LogP contribution in [-0.4, -0.2) is 30.3 Å². The SMILES string of the molecule is Cn1ccnc1C(NCCCS(N)(=O)=O)c1cccs1. The Balaban J connectivity index is 2.04. The Hall–Kier alpha value is -1.22. The van der Waals surface area contributed by atoms with Crippen LogP contribution in [-0.2, 0) is 17.1 Å². The lowest BCUT2D eigenvalue weighted by atomic mass is 10.2. The van der Waals surface area contributed by atoms with E-state index in [1.54, 1.807) is 17.5 Å². The smallest absolute Gasteiger partial charge is 0.209 e. The van der Waals surface area contributed by atoms with Gasteiger partial charge in [-0.2, -0.15) is 0 Å². The van der Waals surface area contributed by atoms with Gasteiger partial charge in [-0.05, 0) is 24.4 Å². The topological polar surface area (TPSA) is 90.0 Å². The van der Waals surface area contributed by atoms with Crippen LogP contribution in [0.2, 0.25) is 0 Å². The zero-order chi connectivity index (χ0) is 14.6. The van der Waals surface area contributed by atoms with E-state index in [-0.39, 0.29) is 11.8 Å². The molecule has 1 atom stereocenters. The number of nitrogens with two attached hydrogens (primary N) is 1. The molecule has 6 nitrogen and oxygen atoms in total. The number of aromatic nitrogens is 2. The number of hydrogen-bond donors (Lipinski definition) is 2. The Kier molecular flexibility index (Phi) is 4.92. The Morgan fingerprint density at radius 3 is 2.90 bits per heavy atom. The fourth-order valence-corrected chi connectivity index (χ4v) is 3.29. The Morgan fingerprint density at radius 1 is 1.55 bits per heavy atom. The van der Waals surface area contributed by atoms with Gasteiger partial charge < -0.3 is 9.88 Å².